The number of amides is 1. The lowest BCUT2D eigenvalue weighted by molar-refractivity contribution is -0.116. The van der Waals surface area contributed by atoms with Crippen LogP contribution in [0.25, 0.3) is 0 Å². The third-order valence-electron chi connectivity index (χ3n) is 3.37. The lowest BCUT2D eigenvalue weighted by Crippen LogP contribution is -2.11. The number of benzene rings is 1. The molecule has 0 unspecified atom stereocenters. The minimum absolute atomic E-state index is 0.0811. The van der Waals surface area contributed by atoms with Crippen LogP contribution in [0.5, 0.6) is 0 Å². The fourth-order valence-corrected chi connectivity index (χ4v) is 3.69. The van der Waals surface area contributed by atoms with Crippen molar-refractivity contribution in [1.29, 1.82) is 0 Å². The zero-order valence-corrected chi connectivity index (χ0v) is 12.0. The maximum atomic E-state index is 11.8. The van der Waals surface area contributed by atoms with Crippen molar-refractivity contribution >= 4 is 29.0 Å². The van der Waals surface area contributed by atoms with Crippen LogP contribution >= 0.6 is 11.8 Å². The molecule has 0 aromatic heterocycles. The first-order chi connectivity index (χ1) is 9.24. The second kappa shape index (κ2) is 7.43. The Kier molecular flexibility index (Phi) is 5.58. The monoisotopic (exact) mass is 278 g/mol. The maximum absolute atomic E-state index is 11.8. The molecule has 0 aliphatic heterocycles. The van der Waals surface area contributed by atoms with E-state index in [-0.39, 0.29) is 5.91 Å². The fraction of sp³-hybridized carbons (Fsp3) is 0.533. The predicted octanol–water partition coefficient (Wildman–Crippen LogP) is 3.66. The smallest absolute Gasteiger partial charge is 0.224 e. The molecule has 3 N–H and O–H groups in total. The van der Waals surface area contributed by atoms with Gasteiger partial charge in [0.15, 0.2) is 0 Å². The van der Waals surface area contributed by atoms with Gasteiger partial charge in [0.1, 0.15) is 0 Å². The van der Waals surface area contributed by atoms with E-state index in [1.54, 1.807) is 6.07 Å². The van der Waals surface area contributed by atoms with Gasteiger partial charge in [-0.05, 0) is 43.2 Å². The molecule has 2 rings (SSSR count). The van der Waals surface area contributed by atoms with Crippen molar-refractivity contribution in [2.75, 3.05) is 16.8 Å². The molecule has 1 aliphatic carbocycles. The molecule has 0 atom stereocenters. The molecule has 4 heteroatoms. The molecular formula is C15H22N2OS. The van der Waals surface area contributed by atoms with E-state index in [1.807, 2.05) is 30.0 Å². The van der Waals surface area contributed by atoms with Crippen molar-refractivity contribution in [3.05, 3.63) is 24.3 Å². The number of carbonyl (C=O) groups excluding carboxylic acids is 1. The standard InChI is InChI=1S/C15H22N2OS/c16-12-5-3-6-13(11-12)17-15(18)9-4-10-19-14-7-1-2-8-14/h3,5-6,11,14H,1-2,4,7-10,16H2,(H,17,18). The third-order valence-corrected chi connectivity index (χ3v) is 4.84. The summed E-state index contributed by atoms with van der Waals surface area (Å²) >= 11 is 2.03. The van der Waals surface area contributed by atoms with Crippen LogP contribution in [0.4, 0.5) is 11.4 Å². The second-order valence-electron chi connectivity index (χ2n) is 5.05. The van der Waals surface area contributed by atoms with Crippen molar-refractivity contribution in [2.45, 2.75) is 43.8 Å². The van der Waals surface area contributed by atoms with Gasteiger partial charge in [-0.2, -0.15) is 11.8 Å². The number of carbonyl (C=O) groups is 1. The Bertz CT molecular complexity index is 416. The summed E-state index contributed by atoms with van der Waals surface area (Å²) in [7, 11) is 0. The average molecular weight is 278 g/mol. The molecule has 3 nitrogen and oxygen atoms in total. The molecule has 0 bridgehead atoms. The normalized spacial score (nSPS) is 15.6. The Labute approximate surface area is 119 Å². The minimum atomic E-state index is 0.0811. The van der Waals surface area contributed by atoms with Gasteiger partial charge < -0.3 is 11.1 Å². The van der Waals surface area contributed by atoms with Gasteiger partial charge in [-0.1, -0.05) is 18.9 Å². The summed E-state index contributed by atoms with van der Waals surface area (Å²) in [6.07, 6.45) is 7.03. The van der Waals surface area contributed by atoms with Gasteiger partial charge in [0.2, 0.25) is 5.91 Å². The predicted molar refractivity (Wildman–Crippen MR) is 83.4 cm³/mol. The zero-order valence-electron chi connectivity index (χ0n) is 11.2. The van der Waals surface area contributed by atoms with Crippen LogP contribution in [0.1, 0.15) is 38.5 Å². The van der Waals surface area contributed by atoms with Crippen molar-refractivity contribution in [3.63, 3.8) is 0 Å². The van der Waals surface area contributed by atoms with Crippen LogP contribution < -0.4 is 11.1 Å². The Hall–Kier alpha value is -1.16. The summed E-state index contributed by atoms with van der Waals surface area (Å²) in [6.45, 7) is 0. The maximum Gasteiger partial charge on any atom is 0.224 e. The van der Waals surface area contributed by atoms with E-state index in [2.05, 4.69) is 5.32 Å². The van der Waals surface area contributed by atoms with Gasteiger partial charge in [-0.25, -0.2) is 0 Å². The molecule has 1 aromatic carbocycles. The molecular weight excluding hydrogens is 256 g/mol. The van der Waals surface area contributed by atoms with Crippen molar-refractivity contribution in [2.24, 2.45) is 0 Å². The third kappa shape index (κ3) is 5.15. The van der Waals surface area contributed by atoms with Crippen LogP contribution in [0.2, 0.25) is 0 Å². The number of nitrogens with two attached hydrogens (primary N) is 1. The van der Waals surface area contributed by atoms with Crippen molar-refractivity contribution < 1.29 is 4.79 Å². The second-order valence-corrected chi connectivity index (χ2v) is 6.46. The fourth-order valence-electron chi connectivity index (χ4n) is 2.38. The molecule has 0 spiro atoms. The lowest BCUT2D eigenvalue weighted by atomic mass is 10.2. The average Bonchev–Trinajstić information content (AvgIpc) is 2.88. The highest BCUT2D eigenvalue weighted by Gasteiger charge is 2.14. The van der Waals surface area contributed by atoms with Crippen molar-refractivity contribution in [3.8, 4) is 0 Å². The first kappa shape index (κ1) is 14.3. The first-order valence-corrected chi connectivity index (χ1v) is 8.06. The summed E-state index contributed by atoms with van der Waals surface area (Å²) in [5.74, 6) is 1.17. The van der Waals surface area contributed by atoms with E-state index >= 15 is 0 Å². The van der Waals surface area contributed by atoms with Crippen LogP contribution in [-0.2, 0) is 4.79 Å². The highest BCUT2D eigenvalue weighted by molar-refractivity contribution is 7.99. The summed E-state index contributed by atoms with van der Waals surface area (Å²) in [5, 5.41) is 3.73. The zero-order chi connectivity index (χ0) is 13.5. The highest BCUT2D eigenvalue weighted by atomic mass is 32.2. The SMILES string of the molecule is Nc1cccc(NC(=O)CCCSC2CCCC2)c1. The van der Waals surface area contributed by atoms with Gasteiger partial charge in [0, 0.05) is 23.0 Å². The van der Waals surface area contributed by atoms with E-state index in [4.69, 9.17) is 5.73 Å². The summed E-state index contributed by atoms with van der Waals surface area (Å²) in [5.41, 5.74) is 7.13. The largest absolute Gasteiger partial charge is 0.399 e. The number of nitrogens with one attached hydrogen (secondary N) is 1. The summed E-state index contributed by atoms with van der Waals surface area (Å²) in [6, 6.07) is 7.31. The molecule has 1 aliphatic rings. The van der Waals surface area contributed by atoms with Gasteiger partial charge in [-0.15, -0.1) is 0 Å². The van der Waals surface area contributed by atoms with Gasteiger partial charge in [0.05, 0.1) is 0 Å². The lowest BCUT2D eigenvalue weighted by Gasteiger charge is -2.08. The summed E-state index contributed by atoms with van der Waals surface area (Å²) in [4.78, 5) is 11.8. The molecule has 0 heterocycles. The van der Waals surface area contributed by atoms with Crippen LogP contribution in [-0.4, -0.2) is 16.9 Å². The number of hydrogen-bond donors (Lipinski definition) is 2. The minimum Gasteiger partial charge on any atom is -0.399 e. The number of thioether (sulfide) groups is 1. The molecule has 1 fully saturated rings. The number of rotatable bonds is 6. The Morgan fingerprint density at radius 1 is 1.37 bits per heavy atom. The number of hydrogen-bond acceptors (Lipinski definition) is 3. The van der Waals surface area contributed by atoms with Gasteiger partial charge in [0.25, 0.3) is 0 Å². The van der Waals surface area contributed by atoms with Crippen LogP contribution in [0.3, 0.4) is 0 Å². The number of nitrogen functional groups attached to an aromatic ring is 1. The van der Waals surface area contributed by atoms with E-state index in [1.165, 1.54) is 25.7 Å². The van der Waals surface area contributed by atoms with Crippen LogP contribution in [0.15, 0.2) is 24.3 Å². The quantitative estimate of drug-likeness (QED) is 0.616. The highest BCUT2D eigenvalue weighted by Crippen LogP contribution is 2.29. The molecule has 1 saturated carbocycles. The molecule has 104 valence electrons. The molecule has 0 saturated heterocycles. The molecule has 1 amide bonds. The topological polar surface area (TPSA) is 55.1 Å². The molecule has 19 heavy (non-hydrogen) atoms. The molecule has 1 aromatic rings. The van der Waals surface area contributed by atoms with E-state index in [0.717, 1.165) is 23.1 Å². The van der Waals surface area contributed by atoms with Gasteiger partial charge in [-0.3, -0.25) is 4.79 Å². The number of anilines is 2. The summed E-state index contributed by atoms with van der Waals surface area (Å²) < 4.78 is 0. The van der Waals surface area contributed by atoms with E-state index in [0.29, 0.717) is 12.1 Å². The Morgan fingerprint density at radius 2 is 2.16 bits per heavy atom. The van der Waals surface area contributed by atoms with Crippen LogP contribution in [0, 0.1) is 0 Å². The first-order valence-electron chi connectivity index (χ1n) is 7.01. The van der Waals surface area contributed by atoms with E-state index in [9.17, 15) is 4.79 Å². The molecule has 0 radical (unpaired) electrons. The van der Waals surface area contributed by atoms with E-state index < -0.39 is 0 Å². The Balaban J connectivity index is 1.61. The van der Waals surface area contributed by atoms with Crippen molar-refractivity contribution in [1.82, 2.24) is 0 Å². The van der Waals surface area contributed by atoms with Gasteiger partial charge >= 0.3 is 0 Å². The Morgan fingerprint density at radius 3 is 2.89 bits per heavy atom.